The Bertz CT molecular complexity index is 903. The van der Waals surface area contributed by atoms with Crippen molar-refractivity contribution in [1.82, 2.24) is 14.8 Å². The van der Waals surface area contributed by atoms with E-state index in [2.05, 4.69) is 74.5 Å². The monoisotopic (exact) mass is 321 g/mol. The van der Waals surface area contributed by atoms with Crippen molar-refractivity contribution < 1.29 is 0 Å². The van der Waals surface area contributed by atoms with Crippen LogP contribution in [0.15, 0.2) is 18.2 Å². The second kappa shape index (κ2) is 6.39. The van der Waals surface area contributed by atoms with Gasteiger partial charge in [-0.1, -0.05) is 26.3 Å². The highest BCUT2D eigenvalue weighted by Gasteiger charge is 2.18. The first-order valence-electron chi connectivity index (χ1n) is 8.93. The average molecular weight is 321 g/mol. The number of aromatic nitrogens is 3. The largest absolute Gasteiger partial charge is 0.317 e. The maximum atomic E-state index is 4.43. The number of benzene rings is 1. The first-order valence-corrected chi connectivity index (χ1v) is 8.93. The van der Waals surface area contributed by atoms with Crippen molar-refractivity contribution in [2.75, 3.05) is 0 Å². The zero-order valence-corrected chi connectivity index (χ0v) is 15.7. The fourth-order valence-corrected chi connectivity index (χ4v) is 3.87. The summed E-state index contributed by atoms with van der Waals surface area (Å²) in [5.74, 6) is 0. The van der Waals surface area contributed by atoms with Gasteiger partial charge in [0.15, 0.2) is 0 Å². The van der Waals surface area contributed by atoms with Gasteiger partial charge in [-0.15, -0.1) is 0 Å². The van der Waals surface area contributed by atoms with Gasteiger partial charge in [-0.05, 0) is 63.8 Å². The summed E-state index contributed by atoms with van der Waals surface area (Å²) in [5.41, 5.74) is 8.68. The number of fused-ring (bicyclic) bond motifs is 1. The van der Waals surface area contributed by atoms with Gasteiger partial charge in [-0.3, -0.25) is 0 Å². The number of aryl methyl sites for hydroxylation is 6. The third-order valence-corrected chi connectivity index (χ3v) is 5.05. The molecule has 3 heteroatoms. The van der Waals surface area contributed by atoms with Gasteiger partial charge in [0.25, 0.3) is 0 Å². The molecule has 0 aliphatic carbocycles. The highest BCUT2D eigenvalue weighted by molar-refractivity contribution is 5.92. The molecule has 1 aromatic carbocycles. The molecule has 0 aliphatic rings. The summed E-state index contributed by atoms with van der Waals surface area (Å²) in [6.07, 6.45) is 3.23. The van der Waals surface area contributed by atoms with Gasteiger partial charge in [0.1, 0.15) is 0 Å². The van der Waals surface area contributed by atoms with Crippen LogP contribution in [-0.2, 0) is 12.8 Å². The van der Waals surface area contributed by atoms with Crippen molar-refractivity contribution in [2.24, 2.45) is 0 Å². The van der Waals surface area contributed by atoms with Gasteiger partial charge in [-0.2, -0.15) is 10.2 Å². The lowest BCUT2D eigenvalue weighted by Crippen LogP contribution is -2.01. The molecule has 0 atom stereocenters. The molecule has 0 N–H and O–H groups in total. The molecule has 24 heavy (non-hydrogen) atoms. The molecule has 0 saturated carbocycles. The number of hydrogen-bond acceptors (Lipinski definition) is 2. The van der Waals surface area contributed by atoms with E-state index in [9.17, 15) is 0 Å². The van der Waals surface area contributed by atoms with Crippen molar-refractivity contribution in [3.8, 4) is 5.69 Å². The van der Waals surface area contributed by atoms with Crippen LogP contribution in [0.2, 0.25) is 0 Å². The van der Waals surface area contributed by atoms with E-state index in [0.29, 0.717) is 0 Å². The van der Waals surface area contributed by atoms with Crippen molar-refractivity contribution in [1.29, 1.82) is 0 Å². The van der Waals surface area contributed by atoms with Crippen LogP contribution in [0, 0.1) is 27.7 Å². The van der Waals surface area contributed by atoms with E-state index >= 15 is 0 Å². The Morgan fingerprint density at radius 2 is 1.62 bits per heavy atom. The SMILES string of the molecule is CCCc1ccc(-n2c(C)c3c(C)nnc(CC)c3c2C)cc1C. The van der Waals surface area contributed by atoms with E-state index in [4.69, 9.17) is 0 Å². The number of nitrogens with zero attached hydrogens (tertiary/aromatic N) is 3. The molecule has 0 amide bonds. The molecule has 3 rings (SSSR count). The molecule has 3 nitrogen and oxygen atoms in total. The molecule has 2 aromatic heterocycles. The molecule has 126 valence electrons. The van der Waals surface area contributed by atoms with Crippen molar-refractivity contribution in [3.63, 3.8) is 0 Å². The number of hydrogen-bond donors (Lipinski definition) is 0. The summed E-state index contributed by atoms with van der Waals surface area (Å²) in [7, 11) is 0. The first-order chi connectivity index (χ1) is 11.5. The summed E-state index contributed by atoms with van der Waals surface area (Å²) in [6.45, 7) is 13.0. The predicted octanol–water partition coefficient (Wildman–Crippen LogP) is 5.17. The summed E-state index contributed by atoms with van der Waals surface area (Å²) < 4.78 is 2.36. The smallest absolute Gasteiger partial charge is 0.0725 e. The van der Waals surface area contributed by atoms with E-state index in [0.717, 1.165) is 24.2 Å². The molecule has 0 radical (unpaired) electrons. The van der Waals surface area contributed by atoms with Crippen molar-refractivity contribution >= 4 is 10.8 Å². The van der Waals surface area contributed by atoms with Gasteiger partial charge in [0.05, 0.1) is 11.4 Å². The highest BCUT2D eigenvalue weighted by atomic mass is 15.1. The molecule has 0 bridgehead atoms. The van der Waals surface area contributed by atoms with Crippen LogP contribution in [0.1, 0.15) is 54.2 Å². The van der Waals surface area contributed by atoms with Crippen LogP contribution in [0.25, 0.3) is 16.5 Å². The van der Waals surface area contributed by atoms with Gasteiger partial charge in [0.2, 0.25) is 0 Å². The first kappa shape index (κ1) is 16.7. The molecule has 2 heterocycles. The summed E-state index contributed by atoms with van der Waals surface area (Å²) in [4.78, 5) is 0. The van der Waals surface area contributed by atoms with Crippen LogP contribution in [-0.4, -0.2) is 14.8 Å². The normalized spacial score (nSPS) is 11.4. The van der Waals surface area contributed by atoms with Gasteiger partial charge >= 0.3 is 0 Å². The fraction of sp³-hybridized carbons (Fsp3) is 0.429. The topological polar surface area (TPSA) is 30.7 Å². The Kier molecular flexibility index (Phi) is 4.44. The maximum absolute atomic E-state index is 4.43. The predicted molar refractivity (Wildman–Crippen MR) is 101 cm³/mol. The number of rotatable bonds is 4. The molecular formula is C21H27N3. The van der Waals surface area contributed by atoms with E-state index in [1.165, 1.54) is 45.4 Å². The Morgan fingerprint density at radius 3 is 2.25 bits per heavy atom. The van der Waals surface area contributed by atoms with Crippen LogP contribution in [0.4, 0.5) is 0 Å². The lowest BCUT2D eigenvalue weighted by atomic mass is 10.0. The molecule has 0 saturated heterocycles. The summed E-state index contributed by atoms with van der Waals surface area (Å²) >= 11 is 0. The molecule has 0 unspecified atom stereocenters. The second-order valence-electron chi connectivity index (χ2n) is 6.70. The second-order valence-corrected chi connectivity index (χ2v) is 6.70. The van der Waals surface area contributed by atoms with Crippen LogP contribution >= 0.6 is 0 Å². The average Bonchev–Trinajstić information content (AvgIpc) is 2.83. The zero-order valence-electron chi connectivity index (χ0n) is 15.7. The molecule has 0 fully saturated rings. The quantitative estimate of drug-likeness (QED) is 0.664. The van der Waals surface area contributed by atoms with E-state index in [-0.39, 0.29) is 0 Å². The lowest BCUT2D eigenvalue weighted by Gasteiger charge is -2.13. The highest BCUT2D eigenvalue weighted by Crippen LogP contribution is 2.32. The third kappa shape index (κ3) is 2.52. The van der Waals surface area contributed by atoms with E-state index < -0.39 is 0 Å². The molecule has 0 aliphatic heterocycles. The van der Waals surface area contributed by atoms with Gasteiger partial charge in [0, 0.05) is 27.8 Å². The van der Waals surface area contributed by atoms with Crippen LogP contribution in [0.3, 0.4) is 0 Å². The Labute approximate surface area is 144 Å². The van der Waals surface area contributed by atoms with Crippen molar-refractivity contribution in [3.05, 3.63) is 52.1 Å². The minimum atomic E-state index is 0.905. The molecule has 3 aromatic rings. The lowest BCUT2D eigenvalue weighted by molar-refractivity contribution is 0.906. The van der Waals surface area contributed by atoms with Crippen LogP contribution < -0.4 is 0 Å². The fourth-order valence-electron chi connectivity index (χ4n) is 3.87. The van der Waals surface area contributed by atoms with E-state index in [1.807, 2.05) is 0 Å². The van der Waals surface area contributed by atoms with Crippen LogP contribution in [0.5, 0.6) is 0 Å². The molecule has 0 spiro atoms. The summed E-state index contributed by atoms with van der Waals surface area (Å²) in [5, 5.41) is 11.3. The minimum absolute atomic E-state index is 0.905. The summed E-state index contributed by atoms with van der Waals surface area (Å²) in [6, 6.07) is 6.84. The maximum Gasteiger partial charge on any atom is 0.0725 e. The van der Waals surface area contributed by atoms with Crippen molar-refractivity contribution in [2.45, 2.75) is 60.8 Å². The van der Waals surface area contributed by atoms with Gasteiger partial charge in [-0.25, -0.2) is 0 Å². The van der Waals surface area contributed by atoms with E-state index in [1.54, 1.807) is 0 Å². The standard InChI is InChI=1S/C21H27N3/c1-7-9-17-10-11-18(12-13(17)3)24-15(5)20-14(4)22-23-19(8-2)21(20)16(24)6/h10-12H,7-9H2,1-6H3. The molecular weight excluding hydrogens is 294 g/mol. The third-order valence-electron chi connectivity index (χ3n) is 5.05. The minimum Gasteiger partial charge on any atom is -0.317 e. The van der Waals surface area contributed by atoms with Gasteiger partial charge < -0.3 is 4.57 Å². The Hall–Kier alpha value is -2.16. The Balaban J connectivity index is 2.28. The zero-order chi connectivity index (χ0) is 17.4. The Morgan fingerprint density at radius 1 is 0.917 bits per heavy atom.